The molecular formula is C22H13BrCl2N2O. The largest absolute Gasteiger partial charge is 0.268 e. The van der Waals surface area contributed by atoms with E-state index in [1.165, 1.54) is 0 Å². The van der Waals surface area contributed by atoms with Crippen LogP contribution >= 0.6 is 39.1 Å². The van der Waals surface area contributed by atoms with Crippen molar-refractivity contribution in [3.63, 3.8) is 0 Å². The summed E-state index contributed by atoms with van der Waals surface area (Å²) in [6.07, 6.45) is 3.61. The Morgan fingerprint density at radius 2 is 1.68 bits per heavy atom. The molecule has 0 amide bonds. The van der Waals surface area contributed by atoms with E-state index in [9.17, 15) is 4.79 Å². The van der Waals surface area contributed by atoms with Crippen molar-refractivity contribution < 1.29 is 0 Å². The summed E-state index contributed by atoms with van der Waals surface area (Å²) in [5.74, 6) is 0.511. The van der Waals surface area contributed by atoms with Gasteiger partial charge >= 0.3 is 0 Å². The normalized spacial score (nSPS) is 11.4. The molecule has 0 fully saturated rings. The van der Waals surface area contributed by atoms with Gasteiger partial charge in [-0.05, 0) is 66.2 Å². The molecule has 0 saturated carbocycles. The van der Waals surface area contributed by atoms with Gasteiger partial charge in [-0.25, -0.2) is 4.98 Å². The predicted octanol–water partition coefficient (Wildman–Crippen LogP) is 6.63. The second-order valence-corrected chi connectivity index (χ2v) is 7.86. The van der Waals surface area contributed by atoms with Gasteiger partial charge < -0.3 is 0 Å². The van der Waals surface area contributed by atoms with Gasteiger partial charge in [-0.3, -0.25) is 9.36 Å². The number of halogens is 3. The molecule has 0 bridgehead atoms. The Hall–Kier alpha value is -2.40. The fourth-order valence-electron chi connectivity index (χ4n) is 2.90. The molecule has 4 rings (SSSR count). The molecule has 3 nitrogen and oxygen atoms in total. The quantitative estimate of drug-likeness (QED) is 0.336. The molecule has 1 heterocycles. The SMILES string of the molecule is O=c1c2ccccc2nc(C=Cc2ccc(Cl)cc2Cl)n1-c1ccc(Br)cc1. The zero-order chi connectivity index (χ0) is 19.7. The van der Waals surface area contributed by atoms with E-state index in [4.69, 9.17) is 28.2 Å². The minimum atomic E-state index is -0.130. The first-order valence-corrected chi connectivity index (χ1v) is 9.99. The number of aromatic nitrogens is 2. The third kappa shape index (κ3) is 3.76. The van der Waals surface area contributed by atoms with Crippen LogP contribution in [0.25, 0.3) is 28.7 Å². The molecule has 0 atom stereocenters. The van der Waals surface area contributed by atoms with Gasteiger partial charge in [0, 0.05) is 14.5 Å². The van der Waals surface area contributed by atoms with Crippen LogP contribution in [0.5, 0.6) is 0 Å². The van der Waals surface area contributed by atoms with Gasteiger partial charge in [0.25, 0.3) is 5.56 Å². The highest BCUT2D eigenvalue weighted by atomic mass is 79.9. The zero-order valence-corrected chi connectivity index (χ0v) is 17.5. The van der Waals surface area contributed by atoms with Gasteiger partial charge in [0.2, 0.25) is 0 Å². The van der Waals surface area contributed by atoms with Crippen LogP contribution in [0, 0.1) is 0 Å². The van der Waals surface area contributed by atoms with E-state index in [0.29, 0.717) is 26.8 Å². The fraction of sp³-hybridized carbons (Fsp3) is 0. The van der Waals surface area contributed by atoms with Gasteiger partial charge in [-0.1, -0.05) is 57.3 Å². The number of nitrogens with zero attached hydrogens (tertiary/aromatic N) is 2. The van der Waals surface area contributed by atoms with Crippen molar-refractivity contribution in [1.82, 2.24) is 9.55 Å². The number of para-hydroxylation sites is 1. The average molecular weight is 472 g/mol. The molecule has 3 aromatic carbocycles. The van der Waals surface area contributed by atoms with Gasteiger partial charge in [0.15, 0.2) is 0 Å². The topological polar surface area (TPSA) is 34.9 Å². The van der Waals surface area contributed by atoms with Gasteiger partial charge in [0.1, 0.15) is 5.82 Å². The lowest BCUT2D eigenvalue weighted by Crippen LogP contribution is -2.22. The smallest absolute Gasteiger partial charge is 0.266 e. The van der Waals surface area contributed by atoms with Gasteiger partial charge in [-0.15, -0.1) is 0 Å². The van der Waals surface area contributed by atoms with E-state index >= 15 is 0 Å². The summed E-state index contributed by atoms with van der Waals surface area (Å²) >= 11 is 15.7. The van der Waals surface area contributed by atoms with Crippen molar-refractivity contribution in [2.75, 3.05) is 0 Å². The average Bonchev–Trinajstić information content (AvgIpc) is 2.68. The number of hydrogen-bond acceptors (Lipinski definition) is 2. The van der Waals surface area contributed by atoms with Crippen molar-refractivity contribution in [1.29, 1.82) is 0 Å². The molecule has 1 aromatic heterocycles. The lowest BCUT2D eigenvalue weighted by atomic mass is 10.2. The Morgan fingerprint density at radius 3 is 2.43 bits per heavy atom. The molecular weight excluding hydrogens is 459 g/mol. The van der Waals surface area contributed by atoms with Crippen LogP contribution in [0.3, 0.4) is 0 Å². The summed E-state index contributed by atoms with van der Waals surface area (Å²) in [5.41, 5.74) is 2.03. The van der Waals surface area contributed by atoms with E-state index in [0.717, 1.165) is 15.7 Å². The maximum atomic E-state index is 13.2. The summed E-state index contributed by atoms with van der Waals surface area (Å²) in [4.78, 5) is 17.9. The molecule has 0 aliphatic heterocycles. The second kappa shape index (κ2) is 7.92. The zero-order valence-electron chi connectivity index (χ0n) is 14.4. The molecule has 0 spiro atoms. The van der Waals surface area contributed by atoms with Crippen molar-refractivity contribution >= 4 is 62.2 Å². The van der Waals surface area contributed by atoms with Crippen molar-refractivity contribution in [3.8, 4) is 5.69 Å². The molecule has 0 unspecified atom stereocenters. The van der Waals surface area contributed by atoms with Gasteiger partial charge in [-0.2, -0.15) is 0 Å². The first-order chi connectivity index (χ1) is 13.5. The number of hydrogen-bond donors (Lipinski definition) is 0. The van der Waals surface area contributed by atoms with Crippen LogP contribution in [0.15, 0.2) is 76.0 Å². The van der Waals surface area contributed by atoms with Crippen molar-refractivity contribution in [2.24, 2.45) is 0 Å². The summed E-state index contributed by atoms with van der Waals surface area (Å²) in [6.45, 7) is 0. The van der Waals surface area contributed by atoms with Crippen LogP contribution in [-0.2, 0) is 0 Å². The summed E-state index contributed by atoms with van der Waals surface area (Å²) in [6, 6.07) is 20.1. The van der Waals surface area contributed by atoms with Crippen molar-refractivity contribution in [2.45, 2.75) is 0 Å². The maximum absolute atomic E-state index is 13.2. The highest BCUT2D eigenvalue weighted by Crippen LogP contribution is 2.23. The Labute approximate surface area is 180 Å². The molecule has 6 heteroatoms. The molecule has 0 saturated heterocycles. The predicted molar refractivity (Wildman–Crippen MR) is 120 cm³/mol. The van der Waals surface area contributed by atoms with E-state index in [2.05, 4.69) is 15.9 Å². The summed E-state index contributed by atoms with van der Waals surface area (Å²) in [7, 11) is 0. The maximum Gasteiger partial charge on any atom is 0.266 e. The molecule has 28 heavy (non-hydrogen) atoms. The van der Waals surface area contributed by atoms with E-state index in [-0.39, 0.29) is 5.56 Å². The monoisotopic (exact) mass is 470 g/mol. The highest BCUT2D eigenvalue weighted by molar-refractivity contribution is 9.10. The molecule has 0 aliphatic rings. The minimum Gasteiger partial charge on any atom is -0.268 e. The Balaban J connectivity index is 1.93. The number of fused-ring (bicyclic) bond motifs is 1. The van der Waals surface area contributed by atoms with Crippen LogP contribution in [0.4, 0.5) is 0 Å². The first-order valence-electron chi connectivity index (χ1n) is 8.44. The van der Waals surface area contributed by atoms with E-state index in [1.807, 2.05) is 54.6 Å². The van der Waals surface area contributed by atoms with Crippen LogP contribution in [0.2, 0.25) is 10.0 Å². The summed E-state index contributed by atoms with van der Waals surface area (Å²) < 4.78 is 2.53. The number of rotatable bonds is 3. The number of benzene rings is 3. The molecule has 0 radical (unpaired) electrons. The van der Waals surface area contributed by atoms with Gasteiger partial charge in [0.05, 0.1) is 16.6 Å². The molecule has 0 aliphatic carbocycles. The molecule has 4 aromatic rings. The van der Waals surface area contributed by atoms with Crippen LogP contribution in [-0.4, -0.2) is 9.55 Å². The van der Waals surface area contributed by atoms with E-state index < -0.39 is 0 Å². The molecule has 0 N–H and O–H groups in total. The van der Waals surface area contributed by atoms with Crippen molar-refractivity contribution in [3.05, 3.63) is 103 Å². The lowest BCUT2D eigenvalue weighted by Gasteiger charge is -2.11. The Morgan fingerprint density at radius 1 is 0.929 bits per heavy atom. The fourth-order valence-corrected chi connectivity index (χ4v) is 3.64. The second-order valence-electron chi connectivity index (χ2n) is 6.10. The summed E-state index contributed by atoms with van der Waals surface area (Å²) in [5, 5.41) is 1.66. The highest BCUT2D eigenvalue weighted by Gasteiger charge is 2.11. The third-order valence-electron chi connectivity index (χ3n) is 4.26. The standard InChI is InChI=1S/C22H13BrCl2N2O/c23-15-7-10-17(11-8-15)27-21(12-6-14-5-9-16(24)13-19(14)25)26-20-4-2-1-3-18(20)22(27)28/h1-13H. The Bertz CT molecular complexity index is 1260. The van der Waals surface area contributed by atoms with Crippen LogP contribution in [0.1, 0.15) is 11.4 Å². The lowest BCUT2D eigenvalue weighted by molar-refractivity contribution is 0.943. The molecule has 138 valence electrons. The first kappa shape index (κ1) is 18.9. The van der Waals surface area contributed by atoms with E-state index in [1.54, 1.807) is 28.8 Å². The van der Waals surface area contributed by atoms with Crippen LogP contribution < -0.4 is 5.56 Å². The third-order valence-corrected chi connectivity index (χ3v) is 5.35. The Kier molecular flexibility index (Phi) is 5.36. The minimum absolute atomic E-state index is 0.130.